The van der Waals surface area contributed by atoms with Crippen molar-refractivity contribution in [2.45, 2.75) is 24.2 Å². The van der Waals surface area contributed by atoms with Gasteiger partial charge in [-0.15, -0.1) is 0 Å². The maximum Gasteiger partial charge on any atom is 0.269 e. The van der Waals surface area contributed by atoms with Crippen LogP contribution in [0.25, 0.3) is 0 Å². The zero-order valence-corrected chi connectivity index (χ0v) is 16.7. The van der Waals surface area contributed by atoms with Gasteiger partial charge in [-0.3, -0.25) is 14.9 Å². The first-order valence-electron chi connectivity index (χ1n) is 9.51. The minimum absolute atomic E-state index is 0.00252. The molecule has 4 atom stereocenters. The number of sulfone groups is 1. The van der Waals surface area contributed by atoms with E-state index in [1.165, 1.54) is 24.3 Å². The molecular weight excluding hydrogens is 390 g/mol. The van der Waals surface area contributed by atoms with E-state index >= 15 is 0 Å². The number of rotatable bonds is 6. The molecule has 29 heavy (non-hydrogen) atoms. The summed E-state index contributed by atoms with van der Waals surface area (Å²) in [5.41, 5.74) is 1.79. The van der Waals surface area contributed by atoms with Crippen LogP contribution in [0.1, 0.15) is 23.5 Å². The van der Waals surface area contributed by atoms with Crippen molar-refractivity contribution in [3.8, 4) is 0 Å². The van der Waals surface area contributed by atoms with Crippen LogP contribution in [0.15, 0.2) is 65.6 Å². The van der Waals surface area contributed by atoms with E-state index in [4.69, 9.17) is 0 Å². The highest BCUT2D eigenvalue weighted by atomic mass is 32.2. The summed E-state index contributed by atoms with van der Waals surface area (Å²) in [6.07, 6.45) is 4.89. The van der Waals surface area contributed by atoms with Crippen molar-refractivity contribution in [3.05, 3.63) is 81.9 Å². The molecule has 0 aliphatic heterocycles. The molecule has 4 rings (SSSR count). The number of Topliss-reactive ketones (excluding diaryl/α,β-unsaturated/α-hetero) is 1. The summed E-state index contributed by atoms with van der Waals surface area (Å²) in [7, 11) is -3.72. The van der Waals surface area contributed by atoms with Crippen molar-refractivity contribution in [3.63, 3.8) is 0 Å². The van der Waals surface area contributed by atoms with Crippen molar-refractivity contribution < 1.29 is 18.1 Å². The van der Waals surface area contributed by atoms with E-state index < -0.39 is 26.4 Å². The van der Waals surface area contributed by atoms with Gasteiger partial charge >= 0.3 is 0 Å². The highest BCUT2D eigenvalue weighted by molar-refractivity contribution is 7.92. The summed E-state index contributed by atoms with van der Waals surface area (Å²) < 4.78 is 25.5. The van der Waals surface area contributed by atoms with E-state index in [1.54, 1.807) is 24.3 Å². The second-order valence-corrected chi connectivity index (χ2v) is 9.88. The Hall–Kier alpha value is -2.80. The molecule has 150 valence electrons. The minimum atomic E-state index is -3.72. The van der Waals surface area contributed by atoms with E-state index in [2.05, 4.69) is 6.08 Å². The lowest BCUT2D eigenvalue weighted by Crippen LogP contribution is -2.31. The van der Waals surface area contributed by atoms with Crippen LogP contribution in [0.4, 0.5) is 5.69 Å². The Kier molecular flexibility index (Phi) is 4.86. The lowest BCUT2D eigenvalue weighted by atomic mass is 9.76. The Bertz CT molecular complexity index is 1090. The van der Waals surface area contributed by atoms with Gasteiger partial charge in [0.2, 0.25) is 0 Å². The van der Waals surface area contributed by atoms with Gasteiger partial charge in [0.05, 0.1) is 9.82 Å². The Balaban J connectivity index is 1.60. The zero-order valence-electron chi connectivity index (χ0n) is 15.9. The summed E-state index contributed by atoms with van der Waals surface area (Å²) in [5.74, 6) is -1.22. The topological polar surface area (TPSA) is 94.3 Å². The molecule has 2 bridgehead atoms. The molecule has 2 aliphatic rings. The third-order valence-electron chi connectivity index (χ3n) is 6.03. The fourth-order valence-corrected chi connectivity index (χ4v) is 5.93. The van der Waals surface area contributed by atoms with Crippen LogP contribution in [0.2, 0.25) is 0 Å². The summed E-state index contributed by atoms with van der Waals surface area (Å²) in [6.45, 7) is 1.87. The SMILES string of the molecule is Cc1ccc(S(=O)(=O)CC(=O)[C@@H]2[C@@H](c3ccc([N+](=O)[O-])cc3)[C@@H]3C=C[C@H]2C3)cc1. The molecule has 0 saturated heterocycles. The molecule has 0 spiro atoms. The third-order valence-corrected chi connectivity index (χ3v) is 7.69. The summed E-state index contributed by atoms with van der Waals surface area (Å²) in [4.78, 5) is 23.7. The molecule has 0 heterocycles. The lowest BCUT2D eigenvalue weighted by molar-refractivity contribution is -0.384. The van der Waals surface area contributed by atoms with Gasteiger partial charge in [0.1, 0.15) is 5.75 Å². The average molecular weight is 411 g/mol. The van der Waals surface area contributed by atoms with E-state index in [1.807, 2.05) is 13.0 Å². The fraction of sp³-hybridized carbons (Fsp3) is 0.318. The number of nitro benzene ring substituents is 1. The molecule has 0 aromatic heterocycles. The molecule has 2 aromatic carbocycles. The molecule has 0 radical (unpaired) electrons. The number of fused-ring (bicyclic) bond motifs is 2. The maximum atomic E-state index is 13.1. The quantitative estimate of drug-likeness (QED) is 0.409. The second-order valence-electron chi connectivity index (χ2n) is 7.89. The van der Waals surface area contributed by atoms with Crippen LogP contribution in [0.5, 0.6) is 0 Å². The van der Waals surface area contributed by atoms with E-state index in [0.29, 0.717) is 0 Å². The molecule has 6 nitrogen and oxygen atoms in total. The number of nitrogens with zero attached hydrogens (tertiary/aromatic N) is 1. The van der Waals surface area contributed by atoms with E-state index in [-0.39, 0.29) is 34.1 Å². The highest BCUT2D eigenvalue weighted by Gasteiger charge is 2.49. The van der Waals surface area contributed by atoms with E-state index in [9.17, 15) is 23.3 Å². The molecule has 2 aromatic rings. The highest BCUT2D eigenvalue weighted by Crippen LogP contribution is 2.53. The van der Waals surface area contributed by atoms with Gasteiger partial charge in [0.25, 0.3) is 5.69 Å². The Morgan fingerprint density at radius 1 is 1.03 bits per heavy atom. The normalized spacial score (nSPS) is 25.3. The first kappa shape index (κ1) is 19.5. The van der Waals surface area contributed by atoms with Crippen molar-refractivity contribution in [2.24, 2.45) is 17.8 Å². The number of carbonyl (C=O) groups is 1. The van der Waals surface area contributed by atoms with Crippen molar-refractivity contribution in [2.75, 3.05) is 5.75 Å². The molecule has 1 fully saturated rings. The molecule has 1 saturated carbocycles. The Labute approximate surface area is 169 Å². The number of hydrogen-bond donors (Lipinski definition) is 0. The van der Waals surface area contributed by atoms with Crippen LogP contribution in [-0.4, -0.2) is 24.9 Å². The number of aryl methyl sites for hydroxylation is 1. The van der Waals surface area contributed by atoms with Gasteiger partial charge in [0, 0.05) is 24.0 Å². The fourth-order valence-electron chi connectivity index (χ4n) is 4.65. The number of nitro groups is 1. The zero-order chi connectivity index (χ0) is 20.8. The van der Waals surface area contributed by atoms with Crippen molar-refractivity contribution in [1.29, 1.82) is 0 Å². The van der Waals surface area contributed by atoms with Crippen LogP contribution in [-0.2, 0) is 14.6 Å². The predicted octanol–water partition coefficient (Wildman–Crippen LogP) is 3.85. The van der Waals surface area contributed by atoms with E-state index in [0.717, 1.165) is 17.5 Å². The molecule has 2 aliphatic carbocycles. The number of ketones is 1. The Morgan fingerprint density at radius 2 is 1.66 bits per heavy atom. The molecule has 0 N–H and O–H groups in total. The average Bonchev–Trinajstić information content (AvgIpc) is 3.29. The largest absolute Gasteiger partial charge is 0.298 e. The predicted molar refractivity (Wildman–Crippen MR) is 108 cm³/mol. The van der Waals surface area contributed by atoms with Gasteiger partial charge in [-0.2, -0.15) is 0 Å². The third kappa shape index (κ3) is 3.62. The van der Waals surface area contributed by atoms with Crippen LogP contribution in [0, 0.1) is 34.8 Å². The summed E-state index contributed by atoms with van der Waals surface area (Å²) in [5, 5.41) is 10.9. The second kappa shape index (κ2) is 7.22. The van der Waals surface area contributed by atoms with Gasteiger partial charge in [-0.05, 0) is 42.9 Å². The molecule has 0 unspecified atom stereocenters. The molecule has 7 heteroatoms. The molecular formula is C22H21NO5S. The number of hydrogen-bond acceptors (Lipinski definition) is 5. The lowest BCUT2D eigenvalue weighted by Gasteiger charge is -2.27. The van der Waals surface area contributed by atoms with Gasteiger partial charge < -0.3 is 0 Å². The first-order valence-corrected chi connectivity index (χ1v) is 11.2. The van der Waals surface area contributed by atoms with Crippen LogP contribution >= 0.6 is 0 Å². The first-order chi connectivity index (χ1) is 13.8. The number of non-ortho nitro benzene ring substituents is 1. The van der Waals surface area contributed by atoms with Crippen molar-refractivity contribution in [1.82, 2.24) is 0 Å². The molecule has 0 amide bonds. The minimum Gasteiger partial charge on any atom is -0.298 e. The number of benzene rings is 2. The Morgan fingerprint density at radius 3 is 2.28 bits per heavy atom. The summed E-state index contributed by atoms with van der Waals surface area (Å²) in [6, 6.07) is 12.8. The van der Waals surface area contributed by atoms with Crippen LogP contribution < -0.4 is 0 Å². The van der Waals surface area contributed by atoms with Crippen LogP contribution in [0.3, 0.4) is 0 Å². The maximum absolute atomic E-state index is 13.1. The number of allylic oxidation sites excluding steroid dienone is 2. The van der Waals surface area contributed by atoms with Crippen molar-refractivity contribution >= 4 is 21.3 Å². The standard InChI is InChI=1S/C22H21NO5S/c1-14-2-10-19(11-3-14)29(27,28)13-20(24)22-17-5-4-16(12-17)21(22)15-6-8-18(9-7-15)23(25)26/h2-11,16-17,21-22H,12-13H2,1H3/t16-,17+,21+,22-/m1/s1. The van der Waals surface area contributed by atoms with Gasteiger partial charge in [0.15, 0.2) is 15.6 Å². The monoisotopic (exact) mass is 411 g/mol. The summed E-state index contributed by atoms with van der Waals surface area (Å²) >= 11 is 0. The van der Waals surface area contributed by atoms with Gasteiger partial charge in [-0.25, -0.2) is 8.42 Å². The smallest absolute Gasteiger partial charge is 0.269 e. The number of carbonyl (C=O) groups excluding carboxylic acids is 1. The van der Waals surface area contributed by atoms with Gasteiger partial charge in [-0.1, -0.05) is 42.0 Å².